The largest absolute Gasteiger partial charge is 0.0613 e. The normalized spacial score (nSPS) is 13.0. The molecule has 0 fully saturated rings. The highest BCUT2D eigenvalue weighted by atomic mass is 14.2. The molecule has 0 saturated heterocycles. The molecule has 3 rings (SSSR count). The van der Waals surface area contributed by atoms with Crippen LogP contribution in [0.25, 0.3) is 21.5 Å². The molecule has 0 radical (unpaired) electrons. The van der Waals surface area contributed by atoms with Crippen LogP contribution in [-0.4, -0.2) is 0 Å². The third-order valence-corrected chi connectivity index (χ3v) is 4.54. The molecule has 0 aliphatic rings. The van der Waals surface area contributed by atoms with Crippen molar-refractivity contribution in [1.82, 2.24) is 0 Å². The summed E-state index contributed by atoms with van der Waals surface area (Å²) >= 11 is 0. The Balaban J connectivity index is 2.47. The molecule has 0 spiro atoms. The Labute approximate surface area is 134 Å². The van der Waals surface area contributed by atoms with Crippen molar-refractivity contribution >= 4 is 21.5 Å². The lowest BCUT2D eigenvalue weighted by Gasteiger charge is -2.24. The first-order chi connectivity index (χ1) is 10.2. The Morgan fingerprint density at radius 2 is 1.27 bits per heavy atom. The van der Waals surface area contributed by atoms with Crippen LogP contribution in [0, 0.1) is 0 Å². The molecule has 0 heterocycles. The summed E-state index contributed by atoms with van der Waals surface area (Å²) in [5.41, 5.74) is 3.15. The second-order valence-electron chi connectivity index (χ2n) is 8.41. The lowest BCUT2D eigenvalue weighted by molar-refractivity contribution is 0.591. The van der Waals surface area contributed by atoms with Crippen molar-refractivity contribution in [3.05, 3.63) is 59.7 Å². The average molecular weight is 290 g/mol. The van der Waals surface area contributed by atoms with Crippen LogP contribution in [0.3, 0.4) is 0 Å². The first-order valence-corrected chi connectivity index (χ1v) is 8.14. The topological polar surface area (TPSA) is 0 Å². The Hall–Kier alpha value is -1.82. The molecule has 0 N–H and O–H groups in total. The highest BCUT2D eigenvalue weighted by Crippen LogP contribution is 2.36. The van der Waals surface area contributed by atoms with E-state index in [0.29, 0.717) is 0 Å². The maximum absolute atomic E-state index is 2.40. The van der Waals surface area contributed by atoms with E-state index in [1.165, 1.54) is 32.7 Å². The van der Waals surface area contributed by atoms with E-state index in [9.17, 15) is 0 Å². The first-order valence-electron chi connectivity index (χ1n) is 8.14. The third-order valence-electron chi connectivity index (χ3n) is 4.54. The molecule has 0 bridgehead atoms. The van der Waals surface area contributed by atoms with Crippen LogP contribution in [0.4, 0.5) is 0 Å². The monoisotopic (exact) mass is 290 g/mol. The fraction of sp³-hybridized carbons (Fsp3) is 0.364. The number of benzene rings is 3. The highest BCUT2D eigenvalue weighted by Gasteiger charge is 2.19. The van der Waals surface area contributed by atoms with Gasteiger partial charge in [0.05, 0.1) is 0 Å². The summed E-state index contributed by atoms with van der Waals surface area (Å²) in [6, 6.07) is 18.1. The minimum absolute atomic E-state index is 0.144. The number of hydrogen-bond acceptors (Lipinski definition) is 0. The predicted octanol–water partition coefficient (Wildman–Crippen LogP) is 6.59. The third kappa shape index (κ3) is 2.52. The summed E-state index contributed by atoms with van der Waals surface area (Å²) in [7, 11) is 0. The molecule has 22 heavy (non-hydrogen) atoms. The van der Waals surface area contributed by atoms with E-state index >= 15 is 0 Å². The minimum Gasteiger partial charge on any atom is -0.0613 e. The van der Waals surface area contributed by atoms with Gasteiger partial charge in [-0.15, -0.1) is 0 Å². The fourth-order valence-electron chi connectivity index (χ4n) is 3.20. The van der Waals surface area contributed by atoms with Gasteiger partial charge in [0, 0.05) is 0 Å². The molecule has 0 heteroatoms. The molecule has 0 nitrogen and oxygen atoms in total. The standard InChI is InChI=1S/C22H26/c1-21(2,3)17-13-12-15-10-11-16-8-7-9-19(22(4,5)6)20(16)18(15)14-17/h7-14H,1-6H3. The minimum atomic E-state index is 0.144. The molecular formula is C22H26. The lowest BCUT2D eigenvalue weighted by Crippen LogP contribution is -2.12. The van der Waals surface area contributed by atoms with Crippen LogP contribution in [0.5, 0.6) is 0 Å². The van der Waals surface area contributed by atoms with Gasteiger partial charge < -0.3 is 0 Å². The van der Waals surface area contributed by atoms with Crippen molar-refractivity contribution in [2.24, 2.45) is 0 Å². The quantitative estimate of drug-likeness (QED) is 0.410. The van der Waals surface area contributed by atoms with E-state index in [0.717, 1.165) is 0 Å². The zero-order valence-corrected chi connectivity index (χ0v) is 14.6. The smallest absolute Gasteiger partial charge is 0.00679 e. The van der Waals surface area contributed by atoms with Gasteiger partial charge in [-0.05, 0) is 49.6 Å². The number of rotatable bonds is 0. The van der Waals surface area contributed by atoms with Crippen molar-refractivity contribution in [3.63, 3.8) is 0 Å². The summed E-state index contributed by atoms with van der Waals surface area (Å²) in [5.74, 6) is 0. The molecule has 3 aromatic carbocycles. The molecular weight excluding hydrogens is 264 g/mol. The van der Waals surface area contributed by atoms with Gasteiger partial charge in [-0.25, -0.2) is 0 Å². The van der Waals surface area contributed by atoms with Crippen molar-refractivity contribution in [2.45, 2.75) is 52.4 Å². The van der Waals surface area contributed by atoms with Crippen LogP contribution >= 0.6 is 0 Å². The maximum Gasteiger partial charge on any atom is -0.00679 e. The van der Waals surface area contributed by atoms with E-state index in [2.05, 4.69) is 90.1 Å². The molecule has 0 aliphatic carbocycles. The summed E-state index contributed by atoms with van der Waals surface area (Å²) in [5, 5.41) is 5.47. The van der Waals surface area contributed by atoms with Crippen LogP contribution < -0.4 is 0 Å². The van der Waals surface area contributed by atoms with E-state index in [1.54, 1.807) is 0 Å². The second-order valence-corrected chi connectivity index (χ2v) is 8.41. The maximum atomic E-state index is 2.40. The van der Waals surface area contributed by atoms with E-state index < -0.39 is 0 Å². The van der Waals surface area contributed by atoms with Crippen LogP contribution in [0.1, 0.15) is 52.7 Å². The molecule has 0 aliphatic heterocycles. The Morgan fingerprint density at radius 3 is 1.91 bits per heavy atom. The lowest BCUT2D eigenvalue weighted by atomic mass is 9.80. The highest BCUT2D eigenvalue weighted by molar-refractivity contribution is 6.09. The number of fused-ring (bicyclic) bond motifs is 3. The zero-order valence-electron chi connectivity index (χ0n) is 14.6. The number of hydrogen-bond donors (Lipinski definition) is 0. The predicted molar refractivity (Wildman–Crippen MR) is 98.9 cm³/mol. The summed E-state index contributed by atoms with van der Waals surface area (Å²) in [6.07, 6.45) is 0. The molecule has 0 amide bonds. The van der Waals surface area contributed by atoms with E-state index in [1.807, 2.05) is 0 Å². The van der Waals surface area contributed by atoms with Gasteiger partial charge in [0.1, 0.15) is 0 Å². The van der Waals surface area contributed by atoms with Crippen LogP contribution in [0.15, 0.2) is 48.5 Å². The summed E-state index contributed by atoms with van der Waals surface area (Å²) < 4.78 is 0. The van der Waals surface area contributed by atoms with Gasteiger partial charge in [-0.2, -0.15) is 0 Å². The summed E-state index contributed by atoms with van der Waals surface area (Å²) in [6.45, 7) is 13.7. The Bertz CT molecular complexity index is 839. The van der Waals surface area contributed by atoms with Crippen molar-refractivity contribution in [2.75, 3.05) is 0 Å². The van der Waals surface area contributed by atoms with E-state index in [-0.39, 0.29) is 10.8 Å². The Morgan fingerprint density at radius 1 is 0.636 bits per heavy atom. The molecule has 0 aromatic heterocycles. The summed E-state index contributed by atoms with van der Waals surface area (Å²) in [4.78, 5) is 0. The molecule has 114 valence electrons. The van der Waals surface area contributed by atoms with Crippen molar-refractivity contribution < 1.29 is 0 Å². The van der Waals surface area contributed by atoms with Crippen LogP contribution in [0.2, 0.25) is 0 Å². The van der Waals surface area contributed by atoms with Gasteiger partial charge in [0.25, 0.3) is 0 Å². The molecule has 3 aromatic rings. The van der Waals surface area contributed by atoms with Crippen molar-refractivity contribution in [1.29, 1.82) is 0 Å². The Kier molecular flexibility index (Phi) is 3.32. The van der Waals surface area contributed by atoms with Crippen molar-refractivity contribution in [3.8, 4) is 0 Å². The molecule has 0 unspecified atom stereocenters. The SMILES string of the molecule is CC(C)(C)c1ccc2ccc3cccc(C(C)(C)C)c3c2c1. The van der Waals surface area contributed by atoms with Gasteiger partial charge in [0.2, 0.25) is 0 Å². The van der Waals surface area contributed by atoms with Gasteiger partial charge >= 0.3 is 0 Å². The average Bonchev–Trinajstić information content (AvgIpc) is 2.44. The zero-order chi connectivity index (χ0) is 16.1. The fourth-order valence-corrected chi connectivity index (χ4v) is 3.20. The first kappa shape index (κ1) is 15.1. The molecule has 0 atom stereocenters. The van der Waals surface area contributed by atoms with E-state index in [4.69, 9.17) is 0 Å². The van der Waals surface area contributed by atoms with Gasteiger partial charge in [-0.1, -0.05) is 84.0 Å². The van der Waals surface area contributed by atoms with Crippen LogP contribution in [-0.2, 0) is 10.8 Å². The molecule has 0 saturated carbocycles. The van der Waals surface area contributed by atoms with Gasteiger partial charge in [-0.3, -0.25) is 0 Å². The van der Waals surface area contributed by atoms with Gasteiger partial charge in [0.15, 0.2) is 0 Å². The second kappa shape index (κ2) is 4.84.